The summed E-state index contributed by atoms with van der Waals surface area (Å²) in [5, 5.41) is 0. The van der Waals surface area contributed by atoms with Gasteiger partial charge in [0, 0.05) is 6.42 Å². The molecule has 0 aliphatic carbocycles. The highest BCUT2D eigenvalue weighted by atomic mass is 16.5. The van der Waals surface area contributed by atoms with Crippen molar-refractivity contribution in [3.8, 4) is 0 Å². The summed E-state index contributed by atoms with van der Waals surface area (Å²) in [6.45, 7) is 2.03. The Kier molecular flexibility index (Phi) is 8.97. The normalized spacial score (nSPS) is 26.5. The number of esters is 1. The lowest BCUT2D eigenvalue weighted by atomic mass is 10.0. The lowest BCUT2D eigenvalue weighted by Gasteiger charge is -2.13. The van der Waals surface area contributed by atoms with Crippen molar-refractivity contribution in [1.29, 1.82) is 0 Å². The highest BCUT2D eigenvalue weighted by Crippen LogP contribution is 2.15. The number of hydrogen-bond donors (Lipinski definition) is 0. The van der Waals surface area contributed by atoms with E-state index in [2.05, 4.69) is 0 Å². The fourth-order valence-electron chi connectivity index (χ4n) is 2.63. The fourth-order valence-corrected chi connectivity index (χ4v) is 2.63. The van der Waals surface area contributed by atoms with Crippen LogP contribution in [0.5, 0.6) is 0 Å². The van der Waals surface area contributed by atoms with Crippen molar-refractivity contribution < 1.29 is 9.53 Å². The van der Waals surface area contributed by atoms with Gasteiger partial charge in [0.15, 0.2) is 0 Å². The largest absolute Gasteiger partial charge is 0.463 e. The quantitative estimate of drug-likeness (QED) is 0.568. The maximum Gasteiger partial charge on any atom is 0.306 e. The van der Waals surface area contributed by atoms with Crippen LogP contribution in [0.15, 0.2) is 0 Å². The minimum atomic E-state index is 0.00888. The third kappa shape index (κ3) is 8.54. The van der Waals surface area contributed by atoms with Gasteiger partial charge in [0.1, 0.15) is 0 Å². The van der Waals surface area contributed by atoms with Gasteiger partial charge >= 0.3 is 5.97 Å². The van der Waals surface area contributed by atoms with Crippen LogP contribution in [0.4, 0.5) is 0 Å². The van der Waals surface area contributed by atoms with Crippen LogP contribution < -0.4 is 0 Å². The molecule has 0 radical (unpaired) electrons. The standard InChI is InChI=1S/C16H30O2/c1-15-13-11-9-7-5-3-2-4-6-8-10-12-14-16(17)18-15/h15H,2-14H2,1H3/t15-/m0/s1. The zero-order valence-electron chi connectivity index (χ0n) is 12.1. The minimum absolute atomic E-state index is 0.00888. The molecule has 2 heteroatoms. The molecule has 0 N–H and O–H groups in total. The molecule has 0 aromatic heterocycles. The average molecular weight is 254 g/mol. The number of carbonyl (C=O) groups excluding carboxylic acids is 1. The molecule has 0 amide bonds. The van der Waals surface area contributed by atoms with Gasteiger partial charge < -0.3 is 4.74 Å². The van der Waals surface area contributed by atoms with Gasteiger partial charge in [-0.05, 0) is 26.2 Å². The Labute approximate surface area is 112 Å². The van der Waals surface area contributed by atoms with Crippen LogP contribution in [0.3, 0.4) is 0 Å². The maximum atomic E-state index is 11.6. The van der Waals surface area contributed by atoms with Crippen molar-refractivity contribution in [2.24, 2.45) is 0 Å². The van der Waals surface area contributed by atoms with Gasteiger partial charge in [-0.3, -0.25) is 4.79 Å². The Morgan fingerprint density at radius 3 is 1.78 bits per heavy atom. The summed E-state index contributed by atoms with van der Waals surface area (Å²) in [6.07, 6.45) is 16.0. The van der Waals surface area contributed by atoms with E-state index in [0.717, 1.165) is 12.8 Å². The first kappa shape index (κ1) is 15.5. The second-order valence-electron chi connectivity index (χ2n) is 5.73. The van der Waals surface area contributed by atoms with Crippen LogP contribution in [0, 0.1) is 0 Å². The molecule has 106 valence electrons. The van der Waals surface area contributed by atoms with Gasteiger partial charge in [-0.1, -0.05) is 57.8 Å². The number of cyclic esters (lactones) is 1. The lowest BCUT2D eigenvalue weighted by molar-refractivity contribution is -0.148. The third-order valence-electron chi connectivity index (χ3n) is 3.82. The monoisotopic (exact) mass is 254 g/mol. The minimum Gasteiger partial charge on any atom is -0.463 e. The Morgan fingerprint density at radius 2 is 1.22 bits per heavy atom. The molecule has 0 unspecified atom stereocenters. The first-order valence-corrected chi connectivity index (χ1v) is 7.98. The van der Waals surface area contributed by atoms with E-state index < -0.39 is 0 Å². The lowest BCUT2D eigenvalue weighted by Crippen LogP contribution is -2.14. The topological polar surface area (TPSA) is 26.3 Å². The second-order valence-corrected chi connectivity index (χ2v) is 5.73. The smallest absolute Gasteiger partial charge is 0.306 e. The van der Waals surface area contributed by atoms with Crippen molar-refractivity contribution >= 4 is 5.97 Å². The van der Waals surface area contributed by atoms with E-state index in [0.29, 0.717) is 6.42 Å². The molecule has 2 nitrogen and oxygen atoms in total. The molecule has 1 aliphatic heterocycles. The van der Waals surface area contributed by atoms with Gasteiger partial charge in [-0.25, -0.2) is 0 Å². The Morgan fingerprint density at radius 1 is 0.778 bits per heavy atom. The van der Waals surface area contributed by atoms with E-state index in [9.17, 15) is 4.79 Å². The molecule has 0 saturated carbocycles. The van der Waals surface area contributed by atoms with Gasteiger partial charge in [-0.15, -0.1) is 0 Å². The Balaban J connectivity index is 2.21. The average Bonchev–Trinajstić information content (AvgIpc) is 2.33. The SMILES string of the molecule is C[C@H]1CCCCCCCCCCCCCC(=O)O1. The highest BCUT2D eigenvalue weighted by molar-refractivity contribution is 5.69. The maximum absolute atomic E-state index is 11.6. The third-order valence-corrected chi connectivity index (χ3v) is 3.82. The predicted octanol–water partition coefficient (Wildman–Crippen LogP) is 5.00. The summed E-state index contributed by atoms with van der Waals surface area (Å²) in [6, 6.07) is 0. The van der Waals surface area contributed by atoms with E-state index in [1.807, 2.05) is 6.92 Å². The molecule has 1 aliphatic rings. The molecule has 0 aromatic rings. The van der Waals surface area contributed by atoms with E-state index in [4.69, 9.17) is 4.74 Å². The molecule has 1 atom stereocenters. The number of hydrogen-bond acceptors (Lipinski definition) is 2. The van der Waals surface area contributed by atoms with Crippen LogP contribution in [0.25, 0.3) is 0 Å². The van der Waals surface area contributed by atoms with E-state index in [1.165, 1.54) is 64.2 Å². The van der Waals surface area contributed by atoms with Crippen LogP contribution in [-0.2, 0) is 9.53 Å². The summed E-state index contributed by atoms with van der Waals surface area (Å²) < 4.78 is 5.41. The summed E-state index contributed by atoms with van der Waals surface area (Å²) in [7, 11) is 0. The van der Waals surface area contributed by atoms with Gasteiger partial charge in [0.25, 0.3) is 0 Å². The van der Waals surface area contributed by atoms with Gasteiger partial charge in [0.2, 0.25) is 0 Å². The first-order valence-electron chi connectivity index (χ1n) is 7.98. The molecule has 0 aromatic carbocycles. The molecule has 1 saturated heterocycles. The fraction of sp³-hybridized carbons (Fsp3) is 0.938. The zero-order valence-corrected chi connectivity index (χ0v) is 12.1. The molecule has 1 rings (SSSR count). The van der Waals surface area contributed by atoms with Crippen LogP contribution >= 0.6 is 0 Å². The summed E-state index contributed by atoms with van der Waals surface area (Å²) in [5.74, 6) is 0.00888. The van der Waals surface area contributed by atoms with E-state index >= 15 is 0 Å². The molecule has 0 bridgehead atoms. The molecular weight excluding hydrogens is 224 g/mol. The van der Waals surface area contributed by atoms with Crippen molar-refractivity contribution in [3.63, 3.8) is 0 Å². The number of rotatable bonds is 0. The molecule has 1 fully saturated rings. The van der Waals surface area contributed by atoms with E-state index in [-0.39, 0.29) is 12.1 Å². The van der Waals surface area contributed by atoms with Crippen LogP contribution in [0.1, 0.15) is 90.4 Å². The molecular formula is C16H30O2. The molecule has 1 heterocycles. The predicted molar refractivity (Wildman–Crippen MR) is 75.6 cm³/mol. The van der Waals surface area contributed by atoms with Crippen molar-refractivity contribution in [1.82, 2.24) is 0 Å². The van der Waals surface area contributed by atoms with Crippen molar-refractivity contribution in [3.05, 3.63) is 0 Å². The van der Waals surface area contributed by atoms with Crippen LogP contribution in [-0.4, -0.2) is 12.1 Å². The van der Waals surface area contributed by atoms with Gasteiger partial charge in [-0.2, -0.15) is 0 Å². The first-order chi connectivity index (χ1) is 8.79. The second kappa shape index (κ2) is 10.4. The van der Waals surface area contributed by atoms with Crippen molar-refractivity contribution in [2.45, 2.75) is 96.5 Å². The molecule has 0 spiro atoms. The Bertz CT molecular complexity index is 213. The van der Waals surface area contributed by atoms with Crippen LogP contribution in [0.2, 0.25) is 0 Å². The molecule has 18 heavy (non-hydrogen) atoms. The summed E-state index contributed by atoms with van der Waals surface area (Å²) >= 11 is 0. The highest BCUT2D eigenvalue weighted by Gasteiger charge is 2.09. The van der Waals surface area contributed by atoms with Crippen molar-refractivity contribution in [2.75, 3.05) is 0 Å². The summed E-state index contributed by atoms with van der Waals surface area (Å²) in [4.78, 5) is 11.6. The van der Waals surface area contributed by atoms with E-state index in [1.54, 1.807) is 0 Å². The number of ether oxygens (including phenoxy) is 1. The Hall–Kier alpha value is -0.530. The van der Waals surface area contributed by atoms with Gasteiger partial charge in [0.05, 0.1) is 6.10 Å². The zero-order chi connectivity index (χ0) is 13.1. The number of carbonyl (C=O) groups is 1. The summed E-state index contributed by atoms with van der Waals surface area (Å²) in [5.41, 5.74) is 0.